The first-order valence-electron chi connectivity index (χ1n) is 11.3. The molecule has 206 valence electrons. The van der Waals surface area contributed by atoms with Gasteiger partial charge in [0, 0.05) is 18.6 Å². The minimum absolute atomic E-state index is 0.114. The number of aliphatic hydroxyl groups is 3. The molecule has 1 saturated carbocycles. The van der Waals surface area contributed by atoms with Crippen LogP contribution in [0.1, 0.15) is 19.3 Å². The summed E-state index contributed by atoms with van der Waals surface area (Å²) >= 11 is 0. The smallest absolute Gasteiger partial charge is 0.394 e. The molecule has 13 atom stereocenters. The van der Waals surface area contributed by atoms with E-state index in [1.54, 1.807) is 0 Å². The Kier molecular flexibility index (Phi) is 9.80. The quantitative estimate of drug-likeness (QED) is 0.132. The zero-order valence-corrected chi connectivity index (χ0v) is 19.8. The van der Waals surface area contributed by atoms with Crippen LogP contribution in [-0.2, 0) is 33.5 Å². The lowest BCUT2D eigenvalue weighted by Crippen LogP contribution is -2.68. The average molecular weight is 532 g/mol. The van der Waals surface area contributed by atoms with Gasteiger partial charge in [-0.2, -0.15) is 8.42 Å². The molecule has 0 aromatic carbocycles. The van der Waals surface area contributed by atoms with Crippen molar-refractivity contribution < 1.29 is 51.4 Å². The lowest BCUT2D eigenvalue weighted by atomic mass is 9.84. The lowest BCUT2D eigenvalue weighted by molar-refractivity contribution is -0.309. The summed E-state index contributed by atoms with van der Waals surface area (Å²) in [5.41, 5.74) is 30.0. The fraction of sp³-hybridized carbons (Fsp3) is 1.00. The predicted molar refractivity (Wildman–Crippen MR) is 117 cm³/mol. The Labute approximate surface area is 202 Å². The van der Waals surface area contributed by atoms with E-state index in [0.29, 0.717) is 12.8 Å². The molecule has 0 radical (unpaired) electrons. The second-order valence-corrected chi connectivity index (χ2v) is 10.2. The number of hydrogen-bond acceptors (Lipinski definition) is 15. The standard InChI is InChI=1S/C18H37N5O11S/c19-4-6-1-2-7(20)17(30-6)32-14-8(21)3-9(22)15(13(14)26)33-18-16(34-35(27,28)29)11(23)12(25)10(5-24)31-18/h6-18,24-26H,1-5,19-23H2,(H,27,28,29). The average Bonchev–Trinajstić information content (AvgIpc) is 2.78. The van der Waals surface area contributed by atoms with E-state index in [9.17, 15) is 23.7 Å². The van der Waals surface area contributed by atoms with Crippen LogP contribution in [0.3, 0.4) is 0 Å². The third-order valence-corrected chi connectivity index (χ3v) is 7.01. The first-order chi connectivity index (χ1) is 16.4. The van der Waals surface area contributed by atoms with Crippen LogP contribution in [0, 0.1) is 0 Å². The van der Waals surface area contributed by atoms with Gasteiger partial charge in [0.05, 0.1) is 24.8 Å². The Bertz CT molecular complexity index is 797. The Morgan fingerprint density at radius 3 is 2.00 bits per heavy atom. The van der Waals surface area contributed by atoms with Crippen molar-refractivity contribution in [2.45, 2.75) is 98.7 Å². The van der Waals surface area contributed by atoms with Gasteiger partial charge in [-0.05, 0) is 19.3 Å². The van der Waals surface area contributed by atoms with Gasteiger partial charge in [-0.25, -0.2) is 4.18 Å². The molecule has 0 spiro atoms. The van der Waals surface area contributed by atoms with Crippen LogP contribution in [0.2, 0.25) is 0 Å². The van der Waals surface area contributed by atoms with Crippen molar-refractivity contribution in [3.8, 4) is 0 Å². The minimum Gasteiger partial charge on any atom is -0.394 e. The highest BCUT2D eigenvalue weighted by atomic mass is 32.3. The number of ether oxygens (including phenoxy) is 4. The first kappa shape index (κ1) is 29.0. The third-order valence-electron chi connectivity index (χ3n) is 6.55. The maximum atomic E-state index is 11.4. The van der Waals surface area contributed by atoms with Gasteiger partial charge in [0.25, 0.3) is 0 Å². The van der Waals surface area contributed by atoms with Crippen LogP contribution >= 0.6 is 0 Å². The normalized spacial score (nSPS) is 47.5. The maximum absolute atomic E-state index is 11.4. The molecule has 13 unspecified atom stereocenters. The van der Waals surface area contributed by atoms with Crippen LogP contribution in [0.15, 0.2) is 0 Å². The van der Waals surface area contributed by atoms with Crippen LogP contribution in [0.5, 0.6) is 0 Å². The van der Waals surface area contributed by atoms with Gasteiger partial charge < -0.3 is 62.9 Å². The molecule has 2 aliphatic heterocycles. The SMILES string of the molecule is NCC1CCC(N)C(OC2C(N)CC(N)C(OC3OC(CO)C(O)C(N)C3OS(=O)(=O)O)C2O)O1. The predicted octanol–water partition coefficient (Wildman–Crippen LogP) is -5.44. The van der Waals surface area contributed by atoms with Gasteiger partial charge in [-0.3, -0.25) is 4.55 Å². The third kappa shape index (κ3) is 6.83. The molecule has 2 heterocycles. The molecular formula is C18H37N5O11S. The highest BCUT2D eigenvalue weighted by Gasteiger charge is 2.51. The number of hydrogen-bond donors (Lipinski definition) is 9. The van der Waals surface area contributed by atoms with Crippen LogP contribution in [-0.4, -0.2) is 121 Å². The van der Waals surface area contributed by atoms with Gasteiger partial charge in [0.2, 0.25) is 0 Å². The van der Waals surface area contributed by atoms with Gasteiger partial charge >= 0.3 is 10.4 Å². The summed E-state index contributed by atoms with van der Waals surface area (Å²) in [6.45, 7) is -0.433. The summed E-state index contributed by atoms with van der Waals surface area (Å²) in [6.07, 6.45) is -9.82. The first-order valence-corrected chi connectivity index (χ1v) is 12.7. The molecule has 14 N–H and O–H groups in total. The largest absolute Gasteiger partial charge is 0.397 e. The zero-order chi connectivity index (χ0) is 26.1. The van der Waals surface area contributed by atoms with Crippen LogP contribution in [0.25, 0.3) is 0 Å². The fourth-order valence-corrected chi connectivity index (χ4v) is 5.09. The van der Waals surface area contributed by atoms with E-state index in [-0.39, 0.29) is 19.1 Å². The number of nitrogens with two attached hydrogens (primary N) is 5. The Hall–Kier alpha value is -0.610. The molecule has 0 aromatic rings. The van der Waals surface area contributed by atoms with E-state index < -0.39 is 90.4 Å². The molecule has 16 nitrogen and oxygen atoms in total. The van der Waals surface area contributed by atoms with Crippen molar-refractivity contribution in [1.29, 1.82) is 0 Å². The molecule has 17 heteroatoms. The van der Waals surface area contributed by atoms with E-state index in [0.717, 1.165) is 0 Å². The summed E-state index contributed by atoms with van der Waals surface area (Å²) in [5.74, 6) is 0. The molecule has 3 rings (SSSR count). The van der Waals surface area contributed by atoms with Crippen molar-refractivity contribution in [3.63, 3.8) is 0 Å². The van der Waals surface area contributed by atoms with Gasteiger partial charge in [0.1, 0.15) is 36.6 Å². The number of rotatable bonds is 8. The molecule has 0 bridgehead atoms. The Morgan fingerprint density at radius 1 is 0.857 bits per heavy atom. The molecule has 3 fully saturated rings. The summed E-state index contributed by atoms with van der Waals surface area (Å²) in [6, 6.07) is -3.56. The molecule has 1 aliphatic carbocycles. The highest BCUT2D eigenvalue weighted by Crippen LogP contribution is 2.31. The minimum atomic E-state index is -5.05. The summed E-state index contributed by atoms with van der Waals surface area (Å²) < 4.78 is 59.3. The molecule has 2 saturated heterocycles. The lowest BCUT2D eigenvalue weighted by Gasteiger charge is -2.47. The maximum Gasteiger partial charge on any atom is 0.397 e. The van der Waals surface area contributed by atoms with E-state index in [1.165, 1.54) is 0 Å². The monoisotopic (exact) mass is 531 g/mol. The molecular weight excluding hydrogens is 494 g/mol. The molecule has 0 amide bonds. The van der Waals surface area contributed by atoms with Crippen molar-refractivity contribution in [2.24, 2.45) is 28.7 Å². The van der Waals surface area contributed by atoms with Crippen LogP contribution in [0.4, 0.5) is 0 Å². The second kappa shape index (κ2) is 11.8. The van der Waals surface area contributed by atoms with E-state index in [2.05, 4.69) is 4.18 Å². The van der Waals surface area contributed by atoms with Crippen molar-refractivity contribution in [1.82, 2.24) is 0 Å². The number of aliphatic hydroxyl groups excluding tert-OH is 3. The summed E-state index contributed by atoms with van der Waals surface area (Å²) in [5, 5.41) is 30.8. The van der Waals surface area contributed by atoms with Crippen molar-refractivity contribution >= 4 is 10.4 Å². The van der Waals surface area contributed by atoms with Gasteiger partial charge in [-0.1, -0.05) is 0 Å². The van der Waals surface area contributed by atoms with Crippen LogP contribution < -0.4 is 28.7 Å². The zero-order valence-electron chi connectivity index (χ0n) is 19.0. The highest BCUT2D eigenvalue weighted by molar-refractivity contribution is 7.80. The van der Waals surface area contributed by atoms with E-state index >= 15 is 0 Å². The van der Waals surface area contributed by atoms with E-state index in [1.807, 2.05) is 0 Å². The van der Waals surface area contributed by atoms with Gasteiger partial charge in [0.15, 0.2) is 12.6 Å². The topological polar surface area (TPSA) is 291 Å². The molecule has 35 heavy (non-hydrogen) atoms. The molecule has 0 aromatic heterocycles. The van der Waals surface area contributed by atoms with Crippen molar-refractivity contribution in [2.75, 3.05) is 13.2 Å². The van der Waals surface area contributed by atoms with Crippen molar-refractivity contribution in [3.05, 3.63) is 0 Å². The second-order valence-electron chi connectivity index (χ2n) is 9.14. The molecule has 3 aliphatic rings. The van der Waals surface area contributed by atoms with Gasteiger partial charge in [-0.15, -0.1) is 0 Å². The summed E-state index contributed by atoms with van der Waals surface area (Å²) in [4.78, 5) is 0. The van der Waals surface area contributed by atoms with E-state index in [4.69, 9.17) is 52.2 Å². The summed E-state index contributed by atoms with van der Waals surface area (Å²) in [7, 11) is -5.05. The fourth-order valence-electron chi connectivity index (χ4n) is 4.59. The Balaban J connectivity index is 1.78. The Morgan fingerprint density at radius 2 is 1.46 bits per heavy atom.